The van der Waals surface area contributed by atoms with E-state index in [1.54, 1.807) is 24.3 Å². The summed E-state index contributed by atoms with van der Waals surface area (Å²) < 4.78 is 0. The van der Waals surface area contributed by atoms with E-state index in [0.29, 0.717) is 41.2 Å². The number of benzene rings is 2. The van der Waals surface area contributed by atoms with Crippen LogP contribution in [0.1, 0.15) is 35.7 Å². The van der Waals surface area contributed by atoms with Crippen LogP contribution in [0.5, 0.6) is 0 Å². The molecule has 2 aromatic rings. The van der Waals surface area contributed by atoms with E-state index in [0.717, 1.165) is 6.42 Å². The smallest absolute Gasteiger partial charge is 0.273 e. The molecule has 162 valence electrons. The predicted octanol–water partition coefficient (Wildman–Crippen LogP) is 2.84. The highest BCUT2D eigenvalue weighted by atomic mass is 16.7. The van der Waals surface area contributed by atoms with Gasteiger partial charge in [0.2, 0.25) is 0 Å². The highest BCUT2D eigenvalue weighted by Gasteiger charge is 2.22. The molecule has 2 amide bonds. The first-order chi connectivity index (χ1) is 15.0. The Kier molecular flexibility index (Phi) is 7.53. The lowest BCUT2D eigenvalue weighted by Crippen LogP contribution is -2.35. The Morgan fingerprint density at radius 3 is 2.68 bits per heavy atom. The van der Waals surface area contributed by atoms with E-state index in [1.165, 1.54) is 5.06 Å². The van der Waals surface area contributed by atoms with Crippen molar-refractivity contribution in [1.82, 2.24) is 5.06 Å². The molecule has 3 rings (SSSR count). The molecule has 0 fully saturated rings. The van der Waals surface area contributed by atoms with Gasteiger partial charge in [0.1, 0.15) is 5.84 Å². The number of hydroxylamine groups is 2. The largest absolute Gasteiger partial charge is 0.387 e. The van der Waals surface area contributed by atoms with E-state index in [1.807, 2.05) is 37.3 Å². The lowest BCUT2D eigenvalue weighted by molar-refractivity contribution is -0.181. The van der Waals surface area contributed by atoms with Crippen molar-refractivity contribution in [2.45, 2.75) is 19.8 Å². The Hall–Kier alpha value is -3.49. The Bertz CT molecular complexity index is 1000. The van der Waals surface area contributed by atoms with Crippen molar-refractivity contribution < 1.29 is 14.4 Å². The fraction of sp³-hybridized carbons (Fsp3) is 0.261. The quantitative estimate of drug-likeness (QED) is 0.566. The second-order valence-electron chi connectivity index (χ2n) is 7.07. The topological polar surface area (TPSA) is 123 Å². The van der Waals surface area contributed by atoms with Gasteiger partial charge in [-0.25, -0.2) is 10.1 Å². The first-order valence-electron chi connectivity index (χ1n) is 10.2. The zero-order valence-corrected chi connectivity index (χ0v) is 17.5. The van der Waals surface area contributed by atoms with Crippen LogP contribution in [0, 0.1) is 0 Å². The molecule has 0 aromatic heterocycles. The summed E-state index contributed by atoms with van der Waals surface area (Å²) in [7, 11) is 0. The number of nitrogens with one attached hydrogen (secondary N) is 1. The van der Waals surface area contributed by atoms with E-state index >= 15 is 0 Å². The van der Waals surface area contributed by atoms with Crippen LogP contribution < -0.4 is 16.8 Å². The summed E-state index contributed by atoms with van der Waals surface area (Å²) in [4.78, 5) is 35.5. The number of anilines is 1. The third kappa shape index (κ3) is 5.78. The Balaban J connectivity index is 1.86. The lowest BCUT2D eigenvalue weighted by Gasteiger charge is -2.22. The van der Waals surface area contributed by atoms with Crippen LogP contribution in [0.15, 0.2) is 59.1 Å². The van der Waals surface area contributed by atoms with Gasteiger partial charge in [-0.15, -0.1) is 0 Å². The van der Waals surface area contributed by atoms with E-state index < -0.39 is 0 Å². The molecule has 0 saturated heterocycles. The van der Waals surface area contributed by atoms with E-state index in [-0.39, 0.29) is 30.7 Å². The van der Waals surface area contributed by atoms with Crippen LogP contribution >= 0.6 is 0 Å². The summed E-state index contributed by atoms with van der Waals surface area (Å²) in [6.07, 6.45) is 2.67. The standard InChI is InChI=1S/C23H27N5O3/c1-2-11-28(31-12-10-24)23(30)18-13-16-8-9-17(14-20(16)27-21(25)15-18)22(29)26-19-6-4-3-5-7-19/h3-9,13-14H,2,10-12,15,24H2,1H3,(H2,25,27)(H,26,29). The van der Waals surface area contributed by atoms with Crippen molar-refractivity contribution in [1.29, 1.82) is 0 Å². The molecule has 1 heterocycles. The maximum absolute atomic E-state index is 13.0. The number of nitrogens with zero attached hydrogens (tertiary/aromatic N) is 2. The van der Waals surface area contributed by atoms with Crippen LogP contribution in [0.4, 0.5) is 11.4 Å². The number of hydrogen-bond acceptors (Lipinski definition) is 6. The van der Waals surface area contributed by atoms with Crippen molar-refractivity contribution in [3.63, 3.8) is 0 Å². The van der Waals surface area contributed by atoms with Gasteiger partial charge < -0.3 is 16.8 Å². The number of amidine groups is 1. The average Bonchev–Trinajstić information content (AvgIpc) is 2.94. The molecule has 8 heteroatoms. The number of hydrogen-bond donors (Lipinski definition) is 3. The maximum atomic E-state index is 13.0. The number of amides is 2. The number of rotatable bonds is 8. The number of fused-ring (bicyclic) bond motifs is 1. The minimum atomic E-state index is -0.271. The van der Waals surface area contributed by atoms with Crippen LogP contribution in [0.3, 0.4) is 0 Å². The molecule has 31 heavy (non-hydrogen) atoms. The molecule has 0 spiro atoms. The molecule has 2 aromatic carbocycles. The Labute approximate surface area is 181 Å². The molecule has 0 unspecified atom stereocenters. The minimum absolute atomic E-state index is 0.186. The maximum Gasteiger partial charge on any atom is 0.273 e. The second-order valence-corrected chi connectivity index (χ2v) is 7.07. The summed E-state index contributed by atoms with van der Waals surface area (Å²) in [6, 6.07) is 14.3. The molecule has 0 atom stereocenters. The predicted molar refractivity (Wildman–Crippen MR) is 122 cm³/mol. The number of carbonyl (C=O) groups is 2. The fourth-order valence-corrected chi connectivity index (χ4v) is 3.14. The van der Waals surface area contributed by atoms with Gasteiger partial charge in [0.25, 0.3) is 11.8 Å². The van der Waals surface area contributed by atoms with Gasteiger partial charge in [0.05, 0.1) is 12.3 Å². The van der Waals surface area contributed by atoms with Crippen molar-refractivity contribution in [2.24, 2.45) is 16.5 Å². The van der Waals surface area contributed by atoms with Gasteiger partial charge in [-0.1, -0.05) is 31.2 Å². The molecule has 1 aliphatic heterocycles. The summed E-state index contributed by atoms with van der Waals surface area (Å²) in [6.45, 7) is 2.96. The first kappa shape index (κ1) is 22.2. The Morgan fingerprint density at radius 2 is 1.97 bits per heavy atom. The zero-order valence-electron chi connectivity index (χ0n) is 17.5. The van der Waals surface area contributed by atoms with E-state index in [2.05, 4.69) is 10.3 Å². The van der Waals surface area contributed by atoms with Crippen molar-refractivity contribution in [3.8, 4) is 0 Å². The molecule has 0 bridgehead atoms. The number of para-hydroxylation sites is 1. The lowest BCUT2D eigenvalue weighted by atomic mass is 10.0. The number of nitrogens with two attached hydrogens (primary N) is 2. The summed E-state index contributed by atoms with van der Waals surface area (Å²) in [5, 5.41) is 4.16. The fourth-order valence-electron chi connectivity index (χ4n) is 3.14. The van der Waals surface area contributed by atoms with Gasteiger partial charge in [0, 0.05) is 41.9 Å². The van der Waals surface area contributed by atoms with Gasteiger partial charge in [-0.3, -0.25) is 14.4 Å². The molecule has 0 radical (unpaired) electrons. The van der Waals surface area contributed by atoms with E-state index in [9.17, 15) is 9.59 Å². The summed E-state index contributed by atoms with van der Waals surface area (Å²) in [5.41, 5.74) is 14.4. The zero-order chi connectivity index (χ0) is 22.2. The van der Waals surface area contributed by atoms with Crippen LogP contribution in [0.2, 0.25) is 0 Å². The third-order valence-electron chi connectivity index (χ3n) is 4.58. The normalized spacial score (nSPS) is 12.8. The third-order valence-corrected chi connectivity index (χ3v) is 4.58. The minimum Gasteiger partial charge on any atom is -0.387 e. The highest BCUT2D eigenvalue weighted by Crippen LogP contribution is 2.28. The second kappa shape index (κ2) is 10.5. The van der Waals surface area contributed by atoms with Gasteiger partial charge in [-0.2, -0.15) is 0 Å². The van der Waals surface area contributed by atoms with Crippen molar-refractivity contribution in [2.75, 3.05) is 25.0 Å². The van der Waals surface area contributed by atoms with Crippen LogP contribution in [-0.2, 0) is 9.63 Å². The Morgan fingerprint density at radius 1 is 1.19 bits per heavy atom. The molecule has 5 N–H and O–H groups in total. The summed E-state index contributed by atoms with van der Waals surface area (Å²) >= 11 is 0. The van der Waals surface area contributed by atoms with Gasteiger partial charge in [-0.05, 0) is 36.8 Å². The summed E-state index contributed by atoms with van der Waals surface area (Å²) in [5.74, 6) is -0.238. The SMILES string of the molecule is CCCN(OCCN)C(=O)C1=Cc2ccc(C(=O)Nc3ccccc3)cc2N=C(N)C1. The van der Waals surface area contributed by atoms with Gasteiger partial charge >= 0.3 is 0 Å². The average molecular weight is 422 g/mol. The monoisotopic (exact) mass is 421 g/mol. The molecular weight excluding hydrogens is 394 g/mol. The van der Waals surface area contributed by atoms with Gasteiger partial charge in [0.15, 0.2) is 0 Å². The van der Waals surface area contributed by atoms with E-state index in [4.69, 9.17) is 16.3 Å². The number of aliphatic imine (C=N–C) groups is 1. The molecule has 8 nitrogen and oxygen atoms in total. The first-order valence-corrected chi connectivity index (χ1v) is 10.2. The van der Waals surface area contributed by atoms with Crippen LogP contribution in [-0.4, -0.2) is 42.4 Å². The van der Waals surface area contributed by atoms with Crippen molar-refractivity contribution >= 4 is 35.1 Å². The van der Waals surface area contributed by atoms with Crippen molar-refractivity contribution in [3.05, 3.63) is 65.2 Å². The number of carbonyl (C=O) groups excluding carboxylic acids is 2. The van der Waals surface area contributed by atoms with Crippen LogP contribution in [0.25, 0.3) is 6.08 Å². The molecule has 0 saturated carbocycles. The molecule has 1 aliphatic rings. The molecular formula is C23H27N5O3. The molecule has 0 aliphatic carbocycles. The highest BCUT2D eigenvalue weighted by molar-refractivity contribution is 6.07.